The molecule has 0 radical (unpaired) electrons. The molecule has 0 bridgehead atoms. The van der Waals surface area contributed by atoms with Crippen LogP contribution >= 0.6 is 15.6 Å². The number of hydrogen-bond acceptors (Lipinski definition) is 23. The number of aliphatic hydroxyl groups is 8. The van der Waals surface area contributed by atoms with Gasteiger partial charge in [0.15, 0.2) is 6.23 Å². The fourth-order valence-corrected chi connectivity index (χ4v) is 7.35. The highest BCUT2D eigenvalue weighted by molar-refractivity contribution is 7.46. The van der Waals surface area contributed by atoms with Crippen LogP contribution in [0.4, 0.5) is 5.82 Å². The highest BCUT2D eigenvalue weighted by atomic mass is 31.2. The van der Waals surface area contributed by atoms with Gasteiger partial charge in [-0.25, -0.2) is 9.36 Å². The highest BCUT2D eigenvalue weighted by Crippen LogP contribution is 2.49. The number of phosphoric acid groups is 2. The van der Waals surface area contributed by atoms with E-state index in [0.29, 0.717) is 0 Å². The van der Waals surface area contributed by atoms with Crippen LogP contribution in [0.5, 0.6) is 0 Å². The zero-order chi connectivity index (χ0) is 42.1. The number of rotatable bonds is 16. The zero-order valence-corrected chi connectivity index (χ0v) is 30.7. The summed E-state index contributed by atoms with van der Waals surface area (Å²) < 4.78 is 54.2. The molecule has 29 heteroatoms. The summed E-state index contributed by atoms with van der Waals surface area (Å²) in [5.74, 6) is -8.26. The number of aliphatic carboxylic acids is 1. The van der Waals surface area contributed by atoms with Crippen LogP contribution in [0.25, 0.3) is 0 Å². The fraction of sp³-hybridized carbons (Fsp3) is 0.778. The number of nitrogen functional groups attached to an aromatic ring is 1. The third-order valence-electron chi connectivity index (χ3n) is 9.20. The Bertz CT molecular complexity index is 1700. The number of anilines is 1. The first-order valence-electron chi connectivity index (χ1n) is 16.5. The van der Waals surface area contributed by atoms with Crippen LogP contribution in [0.1, 0.15) is 26.0 Å². The number of aromatic nitrogens is 2. The molecule has 3 aliphatic heterocycles. The van der Waals surface area contributed by atoms with E-state index in [9.17, 15) is 74.4 Å². The standard InChI is InChI=1S/C27H44N4O23P2/c1-9-10(32)5-27(25(41)42,54-56(47,48)50-8-14-20(38)22(40)24(52-14)31-3-2-15(28)30-26(31)43)53-23(9)17(35)11(33)6-29-16(34)4-12-18(36)21(39)19(37)13(51-12)7-49-55(44,45)46/h2-3,9-14,17-24,32-33,35-40H,4-8H2,1H3,(H,29,34)(H,41,42)(H,47,48)(H2,28,30,43)(H2,44,45,46)/p-2/t9?,10?,11-,12+,13?,14?,17-,18?,19+,20?,21-,22?,23?,24?,27?/m1/s1. The van der Waals surface area contributed by atoms with E-state index in [1.165, 1.54) is 13.0 Å². The van der Waals surface area contributed by atoms with Gasteiger partial charge in [-0.3, -0.25) is 23.0 Å². The topological polar surface area (TPSA) is 445 Å². The molecule has 0 saturated carbocycles. The van der Waals surface area contributed by atoms with Gasteiger partial charge in [0.1, 0.15) is 60.6 Å². The molecular weight excluding hydrogens is 810 g/mol. The van der Waals surface area contributed by atoms with Crippen molar-refractivity contribution >= 4 is 33.3 Å². The van der Waals surface area contributed by atoms with Crippen molar-refractivity contribution in [1.29, 1.82) is 0 Å². The third kappa shape index (κ3) is 10.9. The third-order valence-corrected chi connectivity index (χ3v) is 10.7. The number of hydrogen-bond donors (Lipinski definition) is 12. The van der Waals surface area contributed by atoms with E-state index in [4.69, 9.17) is 34.3 Å². The van der Waals surface area contributed by atoms with Crippen LogP contribution in [0, 0.1) is 5.92 Å². The summed E-state index contributed by atoms with van der Waals surface area (Å²) >= 11 is 0. The van der Waals surface area contributed by atoms with E-state index in [0.717, 1.165) is 10.8 Å². The summed E-state index contributed by atoms with van der Waals surface area (Å²) in [7, 11) is -10.9. The molecule has 1 amide bonds. The minimum Gasteiger partial charge on any atom is -0.756 e. The van der Waals surface area contributed by atoms with E-state index >= 15 is 0 Å². The van der Waals surface area contributed by atoms with Crippen molar-refractivity contribution < 1.29 is 107 Å². The van der Waals surface area contributed by atoms with Crippen molar-refractivity contribution in [3.05, 3.63) is 22.7 Å². The predicted molar refractivity (Wildman–Crippen MR) is 170 cm³/mol. The van der Waals surface area contributed by atoms with Crippen LogP contribution in [0.15, 0.2) is 17.1 Å². The van der Waals surface area contributed by atoms with E-state index in [2.05, 4.69) is 19.3 Å². The second-order valence-corrected chi connectivity index (χ2v) is 15.8. The number of carbonyl (C=O) groups is 2. The summed E-state index contributed by atoms with van der Waals surface area (Å²) in [5, 5.41) is 97.9. The molecule has 27 nitrogen and oxygen atoms in total. The monoisotopic (exact) mass is 852 g/mol. The molecule has 1 aromatic rings. The smallest absolute Gasteiger partial charge is 0.469 e. The summed E-state index contributed by atoms with van der Waals surface area (Å²) in [6, 6.07) is 1.17. The lowest BCUT2D eigenvalue weighted by atomic mass is 9.84. The Morgan fingerprint density at radius 1 is 1.02 bits per heavy atom. The van der Waals surface area contributed by atoms with E-state index < -0.39 is 157 Å². The number of nitrogens with zero attached hydrogens (tertiary/aromatic N) is 2. The second kappa shape index (κ2) is 18.1. The Balaban J connectivity index is 1.37. The molecule has 3 saturated heterocycles. The molecule has 0 aromatic carbocycles. The summed E-state index contributed by atoms with van der Waals surface area (Å²) in [5.41, 5.74) is 4.43. The maximum Gasteiger partial charge on any atom is 0.469 e. The largest absolute Gasteiger partial charge is 0.756 e. The first kappa shape index (κ1) is 46.1. The Labute approximate surface area is 314 Å². The molecule has 56 heavy (non-hydrogen) atoms. The molecule has 0 spiro atoms. The van der Waals surface area contributed by atoms with Crippen molar-refractivity contribution in [3.63, 3.8) is 0 Å². The lowest BCUT2D eigenvalue weighted by Gasteiger charge is -2.49. The molecule has 4 rings (SSSR count). The summed E-state index contributed by atoms with van der Waals surface area (Å²) in [4.78, 5) is 71.2. The number of carboxylic acid groups (broad SMARTS) is 1. The maximum atomic E-state index is 12.9. The van der Waals surface area contributed by atoms with Gasteiger partial charge in [0.05, 0.1) is 44.1 Å². The number of amides is 1. The van der Waals surface area contributed by atoms with Crippen molar-refractivity contribution in [2.24, 2.45) is 5.92 Å². The van der Waals surface area contributed by atoms with Crippen LogP contribution in [-0.2, 0) is 46.5 Å². The predicted octanol–water partition coefficient (Wildman–Crippen LogP) is -8.63. The van der Waals surface area contributed by atoms with E-state index in [1.54, 1.807) is 0 Å². The molecular formula is C27H42N4O23P2-2. The lowest BCUT2D eigenvalue weighted by molar-refractivity contribution is -0.380. The lowest BCUT2D eigenvalue weighted by Crippen LogP contribution is -2.64. The molecule has 3 fully saturated rings. The number of nitrogens with two attached hydrogens (primary N) is 1. The average molecular weight is 853 g/mol. The summed E-state index contributed by atoms with van der Waals surface area (Å²) in [6.45, 7) is -1.72. The van der Waals surface area contributed by atoms with E-state index in [1.807, 2.05) is 0 Å². The van der Waals surface area contributed by atoms with Crippen LogP contribution in [-0.4, -0.2) is 171 Å². The highest BCUT2D eigenvalue weighted by Gasteiger charge is 2.53. The SMILES string of the molecule is CC1C(O)CC(OP(=O)([O-])OCC2OC(n3ccc(N)nc3=O)C(O)C2O)(C(=O)[O-])OC1[C@H](O)[C@H](O)CNC(=O)C[C@@H]1OC(COP(=O)(O)O)[C@H](O)[C@H](O)C1O. The fourth-order valence-electron chi connectivity index (χ4n) is 6.07. The van der Waals surface area contributed by atoms with Crippen LogP contribution < -0.4 is 26.7 Å². The molecule has 4 heterocycles. The van der Waals surface area contributed by atoms with Crippen molar-refractivity contribution in [1.82, 2.24) is 14.9 Å². The Morgan fingerprint density at radius 3 is 2.21 bits per heavy atom. The molecule has 13 N–H and O–H groups in total. The normalized spacial score (nSPS) is 37.4. The minimum absolute atomic E-state index is 0.175. The molecule has 3 aliphatic rings. The van der Waals surface area contributed by atoms with Gasteiger partial charge in [-0.2, -0.15) is 4.98 Å². The van der Waals surface area contributed by atoms with Gasteiger partial charge < -0.3 is 95.2 Å². The van der Waals surface area contributed by atoms with Crippen molar-refractivity contribution in [3.8, 4) is 0 Å². The van der Waals surface area contributed by atoms with Crippen molar-refractivity contribution in [2.75, 3.05) is 25.5 Å². The molecule has 11 unspecified atom stereocenters. The average Bonchev–Trinajstić information content (AvgIpc) is 3.38. The Kier molecular flexibility index (Phi) is 14.9. The van der Waals surface area contributed by atoms with Gasteiger partial charge >= 0.3 is 13.5 Å². The van der Waals surface area contributed by atoms with E-state index in [-0.39, 0.29) is 5.82 Å². The van der Waals surface area contributed by atoms with Gasteiger partial charge in [-0.1, -0.05) is 6.92 Å². The first-order valence-corrected chi connectivity index (χ1v) is 19.5. The molecule has 1 aromatic heterocycles. The molecule has 0 aliphatic carbocycles. The maximum absolute atomic E-state index is 12.9. The number of phosphoric ester groups is 2. The van der Waals surface area contributed by atoms with Crippen LogP contribution in [0.3, 0.4) is 0 Å². The second-order valence-electron chi connectivity index (χ2n) is 13.2. The van der Waals surface area contributed by atoms with Gasteiger partial charge in [0.2, 0.25) is 11.7 Å². The zero-order valence-electron chi connectivity index (χ0n) is 28.9. The Hall–Kier alpha value is -2.60. The number of ether oxygens (including phenoxy) is 3. The molecule has 16 atom stereocenters. The number of nitrogens with one attached hydrogen (secondary N) is 1. The quantitative estimate of drug-likeness (QED) is 0.0687. The number of carboxylic acids is 1. The van der Waals surface area contributed by atoms with Gasteiger partial charge in [0.25, 0.3) is 7.82 Å². The van der Waals surface area contributed by atoms with Crippen LogP contribution in [0.2, 0.25) is 0 Å². The Morgan fingerprint density at radius 2 is 1.61 bits per heavy atom. The minimum atomic E-state index is -5.88. The van der Waals surface area contributed by atoms with Gasteiger partial charge in [-0.05, 0) is 6.07 Å². The van der Waals surface area contributed by atoms with Crippen molar-refractivity contribution in [2.45, 2.75) is 105 Å². The molecule has 320 valence electrons. The first-order chi connectivity index (χ1) is 25.9. The van der Waals surface area contributed by atoms with Gasteiger partial charge in [0, 0.05) is 25.1 Å². The number of aliphatic hydroxyl groups excluding tert-OH is 8. The summed E-state index contributed by atoms with van der Waals surface area (Å²) in [6.07, 6.45) is -24.8. The number of carbonyl (C=O) groups excluding carboxylic acids is 2. The van der Waals surface area contributed by atoms with Gasteiger partial charge in [-0.15, -0.1) is 0 Å².